The lowest BCUT2D eigenvalue weighted by molar-refractivity contribution is -0.159. The van der Waals surface area contributed by atoms with Crippen molar-refractivity contribution in [2.45, 2.75) is 12.6 Å². The molecule has 1 aliphatic rings. The third-order valence-corrected chi connectivity index (χ3v) is 3.09. The first-order valence-corrected chi connectivity index (χ1v) is 6.51. The van der Waals surface area contributed by atoms with Crippen molar-refractivity contribution >= 4 is 17.7 Å². The van der Waals surface area contributed by atoms with Crippen LogP contribution in [-0.2, 0) is 15.8 Å². The number of Topliss-reactive ketones (excluding diaryl/α,β-unsaturated/α-hetero) is 1. The maximum atomic E-state index is 12.5. The van der Waals surface area contributed by atoms with Gasteiger partial charge in [0.15, 0.2) is 5.78 Å². The van der Waals surface area contributed by atoms with Crippen LogP contribution in [0.15, 0.2) is 24.3 Å². The van der Waals surface area contributed by atoms with Crippen LogP contribution in [0.25, 0.3) is 0 Å². The van der Waals surface area contributed by atoms with Crippen LogP contribution >= 0.6 is 0 Å². The lowest BCUT2D eigenvalue weighted by atomic mass is 9.96. The first-order chi connectivity index (χ1) is 10.6. The highest BCUT2D eigenvalue weighted by Gasteiger charge is 2.32. The first-order valence-electron chi connectivity index (χ1n) is 6.51. The number of hydrogen-bond donors (Lipinski definition) is 3. The molecule has 1 unspecified atom stereocenters. The van der Waals surface area contributed by atoms with Crippen molar-refractivity contribution in [1.82, 2.24) is 5.32 Å². The van der Waals surface area contributed by atoms with Gasteiger partial charge < -0.3 is 15.5 Å². The summed E-state index contributed by atoms with van der Waals surface area (Å²) in [6.45, 7) is 1.30. The van der Waals surface area contributed by atoms with E-state index in [1.54, 1.807) is 0 Å². The average Bonchev–Trinajstić information content (AvgIpc) is 3.00. The second kappa shape index (κ2) is 7.73. The fraction of sp³-hybridized carbons (Fsp3) is 0.357. The zero-order valence-electron chi connectivity index (χ0n) is 11.8. The van der Waals surface area contributed by atoms with Crippen LogP contribution < -0.4 is 5.32 Å². The molecule has 1 saturated heterocycles. The quantitative estimate of drug-likeness (QED) is 0.562. The summed E-state index contributed by atoms with van der Waals surface area (Å²) in [6, 6.07) is 4.62. The zero-order chi connectivity index (χ0) is 17.6. The molecule has 2 rings (SSSR count). The van der Waals surface area contributed by atoms with Gasteiger partial charge in [-0.2, -0.15) is 13.2 Å². The summed E-state index contributed by atoms with van der Waals surface area (Å²) in [5.74, 6) is -4.05. The number of carbonyl (C=O) groups excluding carboxylic acids is 1. The summed E-state index contributed by atoms with van der Waals surface area (Å²) in [5, 5.41) is 17.8. The van der Waals surface area contributed by atoms with Gasteiger partial charge in [-0.15, -0.1) is 0 Å². The van der Waals surface area contributed by atoms with Crippen LogP contribution in [0.2, 0.25) is 0 Å². The van der Waals surface area contributed by atoms with Gasteiger partial charge in [-0.1, -0.05) is 12.1 Å². The second-order valence-electron chi connectivity index (χ2n) is 4.74. The largest absolute Gasteiger partial charge is 0.473 e. The highest BCUT2D eigenvalue weighted by Crippen LogP contribution is 2.30. The number of carboxylic acid groups (broad SMARTS) is 2. The molecule has 0 radical (unpaired) electrons. The summed E-state index contributed by atoms with van der Waals surface area (Å²) in [4.78, 5) is 30.1. The van der Waals surface area contributed by atoms with Gasteiger partial charge in [0.05, 0.1) is 5.56 Å². The number of ketones is 1. The molecule has 6 nitrogen and oxygen atoms in total. The molecule has 0 spiro atoms. The van der Waals surface area contributed by atoms with Crippen LogP contribution in [0.1, 0.15) is 22.3 Å². The third-order valence-electron chi connectivity index (χ3n) is 3.09. The molecule has 1 fully saturated rings. The van der Waals surface area contributed by atoms with Crippen LogP contribution in [0.5, 0.6) is 0 Å². The standard InChI is InChI=1S/C12H12F3NO.C2H2O4/c13-12(14,15)10-3-1-2-8(6-10)11(17)9-4-5-16-7-9;3-1(4)2(5)6/h1-3,6,9,16H,4-5,7H2;(H,3,4)(H,5,6). The summed E-state index contributed by atoms with van der Waals surface area (Å²) in [5.41, 5.74) is -0.622. The number of aliphatic carboxylic acids is 2. The molecular weight excluding hydrogens is 319 g/mol. The van der Waals surface area contributed by atoms with Gasteiger partial charge in [-0.05, 0) is 25.1 Å². The van der Waals surface area contributed by atoms with Gasteiger partial charge in [0.25, 0.3) is 0 Å². The summed E-state index contributed by atoms with van der Waals surface area (Å²) in [6.07, 6.45) is -3.71. The Hall–Kier alpha value is -2.42. The maximum Gasteiger partial charge on any atom is 0.416 e. The molecule has 0 aliphatic carbocycles. The molecule has 3 N–H and O–H groups in total. The predicted molar refractivity (Wildman–Crippen MR) is 72.0 cm³/mol. The Balaban J connectivity index is 0.000000379. The van der Waals surface area contributed by atoms with Crippen molar-refractivity contribution in [3.63, 3.8) is 0 Å². The minimum Gasteiger partial charge on any atom is -0.473 e. The fourth-order valence-corrected chi connectivity index (χ4v) is 1.96. The van der Waals surface area contributed by atoms with E-state index in [9.17, 15) is 18.0 Å². The van der Waals surface area contributed by atoms with E-state index >= 15 is 0 Å². The Bertz CT molecular complexity index is 582. The van der Waals surface area contributed by atoms with E-state index < -0.39 is 23.7 Å². The monoisotopic (exact) mass is 333 g/mol. The lowest BCUT2D eigenvalue weighted by Crippen LogP contribution is -2.18. The Morgan fingerprint density at radius 1 is 1.13 bits per heavy atom. The molecule has 9 heteroatoms. The van der Waals surface area contributed by atoms with E-state index in [-0.39, 0.29) is 17.3 Å². The van der Waals surface area contributed by atoms with Crippen LogP contribution in [-0.4, -0.2) is 41.0 Å². The Kier molecular flexibility index (Phi) is 6.26. The minimum absolute atomic E-state index is 0.147. The van der Waals surface area contributed by atoms with E-state index in [4.69, 9.17) is 19.8 Å². The topological polar surface area (TPSA) is 104 Å². The highest BCUT2D eigenvalue weighted by molar-refractivity contribution is 6.27. The Morgan fingerprint density at radius 3 is 2.17 bits per heavy atom. The molecule has 0 saturated carbocycles. The predicted octanol–water partition coefficient (Wildman–Crippen LogP) is 1.65. The van der Waals surface area contributed by atoms with Gasteiger partial charge >= 0.3 is 18.1 Å². The van der Waals surface area contributed by atoms with E-state index in [0.717, 1.165) is 18.7 Å². The van der Waals surface area contributed by atoms with Crippen molar-refractivity contribution < 1.29 is 37.8 Å². The molecule has 1 aromatic carbocycles. The zero-order valence-corrected chi connectivity index (χ0v) is 11.8. The number of alkyl halides is 3. The number of nitrogens with one attached hydrogen (secondary N) is 1. The van der Waals surface area contributed by atoms with E-state index in [2.05, 4.69) is 5.32 Å². The first kappa shape index (κ1) is 18.6. The molecule has 1 heterocycles. The Labute approximate surface area is 128 Å². The summed E-state index contributed by atoms with van der Waals surface area (Å²) >= 11 is 0. The van der Waals surface area contributed by atoms with E-state index in [0.29, 0.717) is 13.0 Å². The van der Waals surface area contributed by atoms with E-state index in [1.807, 2.05) is 0 Å². The number of halogens is 3. The molecule has 23 heavy (non-hydrogen) atoms. The van der Waals surface area contributed by atoms with Gasteiger partial charge in [0.1, 0.15) is 0 Å². The van der Waals surface area contributed by atoms with Gasteiger partial charge in [-0.25, -0.2) is 9.59 Å². The average molecular weight is 333 g/mol. The van der Waals surface area contributed by atoms with Crippen molar-refractivity contribution in [2.24, 2.45) is 5.92 Å². The SMILES string of the molecule is O=C(O)C(=O)O.O=C(c1cccc(C(F)(F)F)c1)C1CCNC1. The molecule has 0 aromatic heterocycles. The van der Waals surface area contributed by atoms with Crippen molar-refractivity contribution in [3.05, 3.63) is 35.4 Å². The lowest BCUT2D eigenvalue weighted by Gasteiger charge is -2.10. The van der Waals surface area contributed by atoms with E-state index in [1.165, 1.54) is 12.1 Å². The molecule has 126 valence electrons. The fourth-order valence-electron chi connectivity index (χ4n) is 1.96. The number of hydrogen-bond acceptors (Lipinski definition) is 4. The molecule has 0 bridgehead atoms. The highest BCUT2D eigenvalue weighted by atomic mass is 19.4. The minimum atomic E-state index is -4.40. The van der Waals surface area contributed by atoms with Gasteiger partial charge in [0, 0.05) is 18.0 Å². The van der Waals surface area contributed by atoms with Crippen LogP contribution in [0.4, 0.5) is 13.2 Å². The second-order valence-corrected chi connectivity index (χ2v) is 4.74. The van der Waals surface area contributed by atoms with Crippen LogP contribution in [0, 0.1) is 5.92 Å². The number of carbonyl (C=O) groups is 3. The summed E-state index contributed by atoms with van der Waals surface area (Å²) < 4.78 is 37.5. The number of rotatable bonds is 2. The van der Waals surface area contributed by atoms with Crippen molar-refractivity contribution in [1.29, 1.82) is 0 Å². The molecule has 1 aromatic rings. The van der Waals surface area contributed by atoms with Crippen LogP contribution in [0.3, 0.4) is 0 Å². The maximum absolute atomic E-state index is 12.5. The normalized spacial score (nSPS) is 17.1. The third kappa shape index (κ3) is 5.70. The number of benzene rings is 1. The molecule has 1 atom stereocenters. The Morgan fingerprint density at radius 2 is 1.74 bits per heavy atom. The molecule has 0 amide bonds. The number of carboxylic acids is 2. The molecule has 1 aliphatic heterocycles. The van der Waals surface area contributed by atoms with Crippen molar-refractivity contribution in [3.8, 4) is 0 Å². The van der Waals surface area contributed by atoms with Gasteiger partial charge in [0.2, 0.25) is 0 Å². The molecular formula is C14H14F3NO5. The smallest absolute Gasteiger partial charge is 0.416 e. The summed E-state index contributed by atoms with van der Waals surface area (Å²) in [7, 11) is 0. The van der Waals surface area contributed by atoms with Gasteiger partial charge in [-0.3, -0.25) is 4.79 Å². The van der Waals surface area contributed by atoms with Crippen molar-refractivity contribution in [2.75, 3.05) is 13.1 Å².